The summed E-state index contributed by atoms with van der Waals surface area (Å²) in [6.07, 6.45) is 28.1. The topological polar surface area (TPSA) is 43.1 Å². The number of primary amides is 1. The van der Waals surface area contributed by atoms with Gasteiger partial charge in [0.25, 0.3) is 0 Å². The molecule has 2 N–H and O–H groups in total. The molecule has 0 saturated carbocycles. The Morgan fingerprint density at radius 1 is 0.552 bits per heavy atom. The van der Waals surface area contributed by atoms with Crippen LogP contribution in [-0.4, -0.2) is 5.91 Å². The van der Waals surface area contributed by atoms with E-state index in [-0.39, 0.29) is 11.8 Å². The zero-order valence-electron chi connectivity index (χ0n) is 20.5. The van der Waals surface area contributed by atoms with Gasteiger partial charge in [-0.3, -0.25) is 4.79 Å². The number of rotatable bonds is 23. The molecule has 2 heteroatoms. The zero-order chi connectivity index (χ0) is 21.6. The van der Waals surface area contributed by atoms with Crippen molar-refractivity contribution < 1.29 is 4.79 Å². The molecule has 0 radical (unpaired) electrons. The minimum Gasteiger partial charge on any atom is -0.369 e. The first kappa shape index (κ1) is 28.5. The van der Waals surface area contributed by atoms with Crippen LogP contribution in [0, 0.1) is 11.8 Å². The smallest absolute Gasteiger partial charge is 0.220 e. The third kappa shape index (κ3) is 19.2. The fourth-order valence-corrected chi connectivity index (χ4v) is 4.54. The second kappa shape index (κ2) is 22.2. The number of hydrogen-bond donors (Lipinski definition) is 1. The Labute approximate surface area is 184 Å². The van der Waals surface area contributed by atoms with Gasteiger partial charge in [-0.2, -0.15) is 0 Å². The van der Waals surface area contributed by atoms with E-state index < -0.39 is 0 Å². The number of nitrogens with two attached hydrogens (primary N) is 1. The van der Waals surface area contributed by atoms with Crippen LogP contribution in [-0.2, 0) is 4.79 Å². The van der Waals surface area contributed by atoms with Crippen LogP contribution in [0.15, 0.2) is 0 Å². The van der Waals surface area contributed by atoms with Crippen molar-refractivity contribution in [3.05, 3.63) is 0 Å². The highest BCUT2D eigenvalue weighted by Gasteiger charge is 2.21. The maximum absolute atomic E-state index is 11.8. The Hall–Kier alpha value is -0.530. The Morgan fingerprint density at radius 3 is 1.21 bits per heavy atom. The standard InChI is InChI=1S/C27H55NO/c1-4-6-8-10-11-12-13-14-15-16-17-18-20-21-23-25(3)26(27(28)29)24-22-19-9-7-5-2/h25-26H,4-24H2,1-3H3,(H2,28,29). The zero-order valence-corrected chi connectivity index (χ0v) is 20.5. The van der Waals surface area contributed by atoms with E-state index in [0.29, 0.717) is 5.92 Å². The molecule has 0 spiro atoms. The van der Waals surface area contributed by atoms with Crippen molar-refractivity contribution >= 4 is 5.91 Å². The van der Waals surface area contributed by atoms with Crippen LogP contribution in [0.3, 0.4) is 0 Å². The Kier molecular flexibility index (Phi) is 21.8. The fraction of sp³-hybridized carbons (Fsp3) is 0.963. The Balaban J connectivity index is 3.51. The molecule has 174 valence electrons. The van der Waals surface area contributed by atoms with Crippen molar-refractivity contribution in [3.63, 3.8) is 0 Å². The van der Waals surface area contributed by atoms with Gasteiger partial charge in [-0.25, -0.2) is 0 Å². The van der Waals surface area contributed by atoms with Gasteiger partial charge in [0.15, 0.2) is 0 Å². The molecule has 2 atom stereocenters. The minimum atomic E-state index is -0.0710. The monoisotopic (exact) mass is 409 g/mol. The normalized spacial score (nSPS) is 13.5. The van der Waals surface area contributed by atoms with Gasteiger partial charge in [0.05, 0.1) is 0 Å². The first-order chi connectivity index (χ1) is 14.1. The van der Waals surface area contributed by atoms with Gasteiger partial charge < -0.3 is 5.73 Å². The average Bonchev–Trinajstić information content (AvgIpc) is 2.70. The molecular weight excluding hydrogens is 354 g/mol. The number of carbonyl (C=O) groups is 1. The van der Waals surface area contributed by atoms with Crippen molar-refractivity contribution in [1.82, 2.24) is 0 Å². The lowest BCUT2D eigenvalue weighted by molar-refractivity contribution is -0.123. The van der Waals surface area contributed by atoms with Crippen LogP contribution >= 0.6 is 0 Å². The molecule has 0 aromatic rings. The van der Waals surface area contributed by atoms with Crippen molar-refractivity contribution in [3.8, 4) is 0 Å². The van der Waals surface area contributed by atoms with Gasteiger partial charge in [0.2, 0.25) is 5.91 Å². The van der Waals surface area contributed by atoms with Crippen LogP contribution in [0.25, 0.3) is 0 Å². The van der Waals surface area contributed by atoms with Gasteiger partial charge in [0.1, 0.15) is 0 Å². The Bertz CT molecular complexity index is 341. The number of hydrogen-bond acceptors (Lipinski definition) is 1. The van der Waals surface area contributed by atoms with Gasteiger partial charge in [0, 0.05) is 5.92 Å². The lowest BCUT2D eigenvalue weighted by atomic mass is 9.84. The molecule has 0 rings (SSSR count). The lowest BCUT2D eigenvalue weighted by Gasteiger charge is -2.21. The van der Waals surface area contributed by atoms with Gasteiger partial charge in [-0.1, -0.05) is 143 Å². The van der Waals surface area contributed by atoms with Gasteiger partial charge in [-0.05, 0) is 18.8 Å². The molecule has 2 unspecified atom stereocenters. The quantitative estimate of drug-likeness (QED) is 0.168. The summed E-state index contributed by atoms with van der Waals surface area (Å²) < 4.78 is 0. The van der Waals surface area contributed by atoms with Crippen LogP contribution < -0.4 is 5.73 Å². The molecule has 1 amide bonds. The summed E-state index contributed by atoms with van der Waals surface area (Å²) in [6.45, 7) is 6.77. The average molecular weight is 410 g/mol. The molecule has 0 aromatic heterocycles. The lowest BCUT2D eigenvalue weighted by Crippen LogP contribution is -2.28. The highest BCUT2D eigenvalue weighted by Crippen LogP contribution is 2.24. The van der Waals surface area contributed by atoms with Crippen LogP contribution in [0.5, 0.6) is 0 Å². The molecule has 0 fully saturated rings. The van der Waals surface area contributed by atoms with E-state index in [4.69, 9.17) is 5.73 Å². The maximum atomic E-state index is 11.8. The van der Waals surface area contributed by atoms with E-state index in [1.807, 2.05) is 0 Å². The Morgan fingerprint density at radius 2 is 0.862 bits per heavy atom. The fourth-order valence-electron chi connectivity index (χ4n) is 4.54. The number of carbonyl (C=O) groups excluding carboxylic acids is 1. The van der Waals surface area contributed by atoms with Crippen LogP contribution in [0.4, 0.5) is 0 Å². The molecule has 29 heavy (non-hydrogen) atoms. The summed E-state index contributed by atoms with van der Waals surface area (Å²) in [7, 11) is 0. The molecule has 0 aliphatic carbocycles. The van der Waals surface area contributed by atoms with Crippen LogP contribution in [0.2, 0.25) is 0 Å². The van der Waals surface area contributed by atoms with Gasteiger partial charge in [-0.15, -0.1) is 0 Å². The van der Waals surface area contributed by atoms with Crippen LogP contribution in [0.1, 0.15) is 156 Å². The molecule has 0 aliphatic rings. The first-order valence-electron chi connectivity index (χ1n) is 13.4. The molecule has 0 aromatic carbocycles. The summed E-state index contributed by atoms with van der Waals surface area (Å²) in [5, 5.41) is 0. The summed E-state index contributed by atoms with van der Waals surface area (Å²) in [5.41, 5.74) is 5.69. The summed E-state index contributed by atoms with van der Waals surface area (Å²) in [6, 6.07) is 0. The van der Waals surface area contributed by atoms with Crippen molar-refractivity contribution in [2.75, 3.05) is 0 Å². The van der Waals surface area contributed by atoms with E-state index in [2.05, 4.69) is 20.8 Å². The predicted molar refractivity (Wildman–Crippen MR) is 130 cm³/mol. The molecule has 2 nitrogen and oxygen atoms in total. The molecular formula is C27H55NO. The number of amides is 1. The summed E-state index contributed by atoms with van der Waals surface area (Å²) >= 11 is 0. The molecule has 0 aliphatic heterocycles. The van der Waals surface area contributed by atoms with Crippen molar-refractivity contribution in [1.29, 1.82) is 0 Å². The summed E-state index contributed by atoms with van der Waals surface area (Å²) in [5.74, 6) is 0.480. The molecule has 0 heterocycles. The van der Waals surface area contributed by atoms with Gasteiger partial charge >= 0.3 is 0 Å². The third-order valence-corrected chi connectivity index (χ3v) is 6.68. The largest absolute Gasteiger partial charge is 0.369 e. The second-order valence-corrected chi connectivity index (χ2v) is 9.57. The SMILES string of the molecule is CCCCCCCCCCCCCCCCC(C)C(CCCCCCC)C(N)=O. The van der Waals surface area contributed by atoms with E-state index in [1.54, 1.807) is 0 Å². The predicted octanol–water partition coefficient (Wildman–Crippen LogP) is 8.96. The van der Waals surface area contributed by atoms with E-state index >= 15 is 0 Å². The summed E-state index contributed by atoms with van der Waals surface area (Å²) in [4.78, 5) is 11.8. The van der Waals surface area contributed by atoms with E-state index in [1.165, 1.54) is 122 Å². The van der Waals surface area contributed by atoms with E-state index in [9.17, 15) is 4.79 Å². The maximum Gasteiger partial charge on any atom is 0.220 e. The van der Waals surface area contributed by atoms with Crippen molar-refractivity contribution in [2.45, 2.75) is 156 Å². The molecule has 0 bridgehead atoms. The minimum absolute atomic E-state index is 0.0710. The number of unbranched alkanes of at least 4 members (excludes halogenated alkanes) is 17. The second-order valence-electron chi connectivity index (χ2n) is 9.57. The van der Waals surface area contributed by atoms with Crippen molar-refractivity contribution in [2.24, 2.45) is 17.6 Å². The highest BCUT2D eigenvalue weighted by atomic mass is 16.1. The highest BCUT2D eigenvalue weighted by molar-refractivity contribution is 5.76. The molecule has 0 saturated heterocycles. The van der Waals surface area contributed by atoms with E-state index in [0.717, 1.165) is 12.8 Å². The third-order valence-electron chi connectivity index (χ3n) is 6.68. The first-order valence-corrected chi connectivity index (χ1v) is 13.4.